The molecule has 1 amide bonds. The first-order valence-electron chi connectivity index (χ1n) is 3.79. The summed E-state index contributed by atoms with van der Waals surface area (Å²) in [7, 11) is -3.77. The minimum atomic E-state index is -3.77. The van der Waals surface area contributed by atoms with E-state index in [9.17, 15) is 17.6 Å². The molecule has 0 aromatic heterocycles. The predicted octanol–water partition coefficient (Wildman–Crippen LogP) is 0.566. The maximum absolute atomic E-state index is 12.9. The molecule has 0 saturated carbocycles. The quantitative estimate of drug-likeness (QED) is 0.688. The van der Waals surface area contributed by atoms with Crippen LogP contribution in [0.3, 0.4) is 0 Å². The summed E-state index contributed by atoms with van der Waals surface area (Å²) in [5.41, 5.74) is 0.112. The molecule has 74 valence electrons. The van der Waals surface area contributed by atoms with E-state index in [1.807, 2.05) is 0 Å². The van der Waals surface area contributed by atoms with Crippen LogP contribution >= 0.6 is 0 Å². The van der Waals surface area contributed by atoms with Gasteiger partial charge < -0.3 is 0 Å². The third-order valence-corrected chi connectivity index (χ3v) is 3.51. The molecule has 0 unspecified atom stereocenters. The maximum atomic E-state index is 12.9. The highest BCUT2D eigenvalue weighted by atomic mass is 32.2. The van der Waals surface area contributed by atoms with Crippen molar-refractivity contribution in [1.82, 2.24) is 4.72 Å². The van der Waals surface area contributed by atoms with Gasteiger partial charge in [0, 0.05) is 0 Å². The number of hydrogen-bond acceptors (Lipinski definition) is 3. The number of fused-ring (bicyclic) bond motifs is 1. The van der Waals surface area contributed by atoms with Crippen LogP contribution < -0.4 is 4.72 Å². The average molecular weight is 215 g/mol. The third-order valence-electron chi connectivity index (χ3n) is 1.98. The first kappa shape index (κ1) is 9.14. The lowest BCUT2D eigenvalue weighted by Crippen LogP contribution is -2.20. The summed E-state index contributed by atoms with van der Waals surface area (Å²) >= 11 is 0. The summed E-state index contributed by atoms with van der Waals surface area (Å²) in [6.45, 7) is 1.44. The summed E-state index contributed by atoms with van der Waals surface area (Å²) in [6, 6.07) is 2.00. The molecule has 1 aliphatic rings. The van der Waals surface area contributed by atoms with E-state index in [-0.39, 0.29) is 16.0 Å². The zero-order chi connectivity index (χ0) is 10.5. The highest BCUT2D eigenvalue weighted by molar-refractivity contribution is 7.90. The van der Waals surface area contributed by atoms with Gasteiger partial charge in [0.1, 0.15) is 10.7 Å². The summed E-state index contributed by atoms with van der Waals surface area (Å²) in [5.74, 6) is -1.39. The Morgan fingerprint density at radius 1 is 1.36 bits per heavy atom. The third kappa shape index (κ3) is 1.11. The van der Waals surface area contributed by atoms with E-state index >= 15 is 0 Å². The van der Waals surface area contributed by atoms with Gasteiger partial charge in [-0.2, -0.15) is 0 Å². The second-order valence-corrected chi connectivity index (χ2v) is 4.65. The largest absolute Gasteiger partial charge is 0.268 e. The molecule has 1 aromatic rings. The molecule has 0 atom stereocenters. The Balaban J connectivity index is 2.89. The molecule has 0 spiro atoms. The SMILES string of the molecule is Cc1cc(F)cc2c1S(=O)(=O)NC2=O. The van der Waals surface area contributed by atoms with Gasteiger partial charge in [-0.05, 0) is 24.6 Å². The van der Waals surface area contributed by atoms with Crippen molar-refractivity contribution in [1.29, 1.82) is 0 Å². The van der Waals surface area contributed by atoms with Gasteiger partial charge >= 0.3 is 0 Å². The number of benzene rings is 1. The van der Waals surface area contributed by atoms with E-state index in [0.717, 1.165) is 12.1 Å². The van der Waals surface area contributed by atoms with Crippen LogP contribution in [0.1, 0.15) is 15.9 Å². The van der Waals surface area contributed by atoms with Crippen LogP contribution in [0.15, 0.2) is 17.0 Å². The van der Waals surface area contributed by atoms with Crippen LogP contribution in [-0.4, -0.2) is 14.3 Å². The minimum absolute atomic E-state index is 0.121. The van der Waals surface area contributed by atoms with Gasteiger partial charge in [0.05, 0.1) is 5.56 Å². The number of nitrogens with one attached hydrogen (secondary N) is 1. The minimum Gasteiger partial charge on any atom is -0.268 e. The zero-order valence-corrected chi connectivity index (χ0v) is 7.98. The molecule has 0 fully saturated rings. The second kappa shape index (κ2) is 2.54. The molecule has 0 bridgehead atoms. The van der Waals surface area contributed by atoms with Gasteiger partial charge in [-0.3, -0.25) is 4.79 Å². The van der Waals surface area contributed by atoms with Gasteiger partial charge in [0.2, 0.25) is 0 Å². The van der Waals surface area contributed by atoms with Crippen molar-refractivity contribution < 1.29 is 17.6 Å². The highest BCUT2D eigenvalue weighted by Crippen LogP contribution is 2.26. The topological polar surface area (TPSA) is 63.2 Å². The number of sulfonamides is 1. The predicted molar refractivity (Wildman–Crippen MR) is 45.8 cm³/mol. The Bertz CT molecular complexity index is 536. The fourth-order valence-electron chi connectivity index (χ4n) is 1.48. The Morgan fingerprint density at radius 3 is 2.64 bits per heavy atom. The highest BCUT2D eigenvalue weighted by Gasteiger charge is 2.34. The first-order valence-corrected chi connectivity index (χ1v) is 5.27. The van der Waals surface area contributed by atoms with Gasteiger partial charge in [-0.15, -0.1) is 0 Å². The number of hydrogen-bond donors (Lipinski definition) is 1. The van der Waals surface area contributed by atoms with Crippen molar-refractivity contribution in [2.75, 3.05) is 0 Å². The van der Waals surface area contributed by atoms with Gasteiger partial charge in [-0.25, -0.2) is 17.5 Å². The molecule has 1 N–H and O–H groups in total. The molecule has 0 saturated heterocycles. The molecule has 1 aromatic carbocycles. The second-order valence-electron chi connectivity index (χ2n) is 3.03. The fraction of sp³-hybridized carbons (Fsp3) is 0.125. The van der Waals surface area contributed by atoms with Crippen LogP contribution in [0, 0.1) is 12.7 Å². The zero-order valence-electron chi connectivity index (χ0n) is 7.17. The Labute approximate surface area is 79.8 Å². The van der Waals surface area contributed by atoms with E-state index in [1.165, 1.54) is 6.92 Å². The van der Waals surface area contributed by atoms with Crippen LogP contribution in [0.4, 0.5) is 4.39 Å². The Kier molecular flexibility index (Phi) is 1.66. The van der Waals surface area contributed by atoms with Crippen LogP contribution in [-0.2, 0) is 10.0 Å². The van der Waals surface area contributed by atoms with Crippen molar-refractivity contribution in [2.45, 2.75) is 11.8 Å². The van der Waals surface area contributed by atoms with E-state index in [4.69, 9.17) is 0 Å². The molecule has 0 radical (unpaired) electrons. The van der Waals surface area contributed by atoms with Crippen molar-refractivity contribution in [3.63, 3.8) is 0 Å². The Hall–Kier alpha value is -1.43. The molecule has 6 heteroatoms. The normalized spacial score (nSPS) is 17.7. The van der Waals surface area contributed by atoms with E-state index < -0.39 is 21.7 Å². The molecular formula is C8H6FNO3S. The number of carbonyl (C=O) groups is 1. The molecule has 1 aliphatic heterocycles. The molecule has 4 nitrogen and oxygen atoms in total. The summed E-state index contributed by atoms with van der Waals surface area (Å²) in [5, 5.41) is 0. The lowest BCUT2D eigenvalue weighted by Gasteiger charge is -2.00. The summed E-state index contributed by atoms with van der Waals surface area (Å²) < 4.78 is 37.3. The van der Waals surface area contributed by atoms with Crippen molar-refractivity contribution in [3.8, 4) is 0 Å². The molecule has 14 heavy (non-hydrogen) atoms. The molecule has 2 rings (SSSR count). The average Bonchev–Trinajstić information content (AvgIpc) is 2.21. The number of halogens is 1. The van der Waals surface area contributed by atoms with Crippen molar-refractivity contribution in [2.24, 2.45) is 0 Å². The Morgan fingerprint density at radius 2 is 2.00 bits per heavy atom. The van der Waals surface area contributed by atoms with Gasteiger partial charge in [-0.1, -0.05) is 0 Å². The number of amides is 1. The van der Waals surface area contributed by atoms with Gasteiger partial charge in [0.15, 0.2) is 0 Å². The van der Waals surface area contributed by atoms with E-state index in [0.29, 0.717) is 0 Å². The van der Waals surface area contributed by atoms with E-state index in [2.05, 4.69) is 0 Å². The maximum Gasteiger partial charge on any atom is 0.266 e. The van der Waals surface area contributed by atoms with Gasteiger partial charge in [0.25, 0.3) is 15.9 Å². The number of aryl methyl sites for hydroxylation is 1. The smallest absolute Gasteiger partial charge is 0.266 e. The molecule has 1 heterocycles. The summed E-state index contributed by atoms with van der Waals surface area (Å²) in [6.07, 6.45) is 0. The lowest BCUT2D eigenvalue weighted by molar-refractivity contribution is 0.0984. The van der Waals surface area contributed by atoms with Crippen LogP contribution in [0.25, 0.3) is 0 Å². The standard InChI is InChI=1S/C8H6FNO3S/c1-4-2-5(9)3-6-7(4)14(12,13)10-8(6)11/h2-3H,1H3,(H,10,11). The van der Waals surface area contributed by atoms with E-state index in [1.54, 1.807) is 4.72 Å². The monoisotopic (exact) mass is 215 g/mol. The van der Waals surface area contributed by atoms with Crippen molar-refractivity contribution >= 4 is 15.9 Å². The molecule has 0 aliphatic carbocycles. The van der Waals surface area contributed by atoms with Crippen molar-refractivity contribution in [3.05, 3.63) is 29.1 Å². The number of rotatable bonds is 0. The lowest BCUT2D eigenvalue weighted by atomic mass is 10.1. The van der Waals surface area contributed by atoms with Crippen LogP contribution in [0.2, 0.25) is 0 Å². The first-order chi connectivity index (χ1) is 6.42. The molecular weight excluding hydrogens is 209 g/mol. The number of carbonyl (C=O) groups excluding carboxylic acids is 1. The fourth-order valence-corrected chi connectivity index (χ4v) is 2.86. The summed E-state index contributed by atoms with van der Waals surface area (Å²) in [4.78, 5) is 11.0. The van der Waals surface area contributed by atoms with Crippen LogP contribution in [0.5, 0.6) is 0 Å².